The summed E-state index contributed by atoms with van der Waals surface area (Å²) in [5.41, 5.74) is 5.26. The highest BCUT2D eigenvalue weighted by atomic mass is 32.1. The first kappa shape index (κ1) is 36.5. The molecule has 0 aliphatic heterocycles. The van der Waals surface area contributed by atoms with Crippen molar-refractivity contribution in [2.75, 3.05) is 14.2 Å². The second-order valence-electron chi connectivity index (χ2n) is 14.1. The van der Waals surface area contributed by atoms with Crippen LogP contribution in [0, 0.1) is 37.5 Å². The van der Waals surface area contributed by atoms with Gasteiger partial charge in [-0.1, -0.05) is 25.1 Å². The summed E-state index contributed by atoms with van der Waals surface area (Å²) < 4.78 is 29.3. The maximum Gasteiger partial charge on any atom is 0.309 e. The predicted molar refractivity (Wildman–Crippen MR) is 193 cm³/mol. The van der Waals surface area contributed by atoms with Gasteiger partial charge in [-0.05, 0) is 102 Å². The number of nitrogens with zero attached hydrogens (tertiary/aromatic N) is 1. The quantitative estimate of drug-likeness (QED) is 0.116. The van der Waals surface area contributed by atoms with Crippen molar-refractivity contribution in [3.63, 3.8) is 0 Å². The lowest BCUT2D eigenvalue weighted by Gasteiger charge is -2.28. The first-order valence-corrected chi connectivity index (χ1v) is 18.8. The summed E-state index contributed by atoms with van der Waals surface area (Å²) in [7, 11) is 2.79. The third-order valence-electron chi connectivity index (χ3n) is 10.7. The summed E-state index contributed by atoms with van der Waals surface area (Å²) in [5, 5.41) is 1.69. The highest BCUT2D eigenvalue weighted by molar-refractivity contribution is 7.21. The third-order valence-corrected chi connectivity index (χ3v) is 11.8. The van der Waals surface area contributed by atoms with Crippen molar-refractivity contribution in [2.24, 2.45) is 23.7 Å². The Bertz CT molecular complexity index is 1930. The average Bonchev–Trinajstić information content (AvgIpc) is 3.78. The molecule has 272 valence electrons. The van der Waals surface area contributed by atoms with Crippen LogP contribution in [-0.2, 0) is 38.1 Å². The highest BCUT2D eigenvalue weighted by Crippen LogP contribution is 2.43. The SMILES string of the molecule is CCC(OC(=O)C1CCC(C(=O)OC)CC1)c1ccc(C(C)OC(=O)C2CCC(C(=O)OC)CC2)c2nc(-c3cc4c(C)cc(C)cc4o3)sc12. The number of methoxy groups -OCH3 is 2. The Morgan fingerprint density at radius 3 is 1.86 bits per heavy atom. The molecule has 6 rings (SSSR count). The van der Waals surface area contributed by atoms with Crippen molar-refractivity contribution in [1.82, 2.24) is 4.98 Å². The largest absolute Gasteiger partial charge is 0.469 e. The molecule has 2 saturated carbocycles. The number of aromatic nitrogens is 1. The van der Waals surface area contributed by atoms with Crippen molar-refractivity contribution < 1.29 is 42.5 Å². The van der Waals surface area contributed by atoms with Gasteiger partial charge < -0.3 is 23.4 Å². The van der Waals surface area contributed by atoms with Crippen molar-refractivity contribution >= 4 is 56.4 Å². The van der Waals surface area contributed by atoms with Crippen LogP contribution in [0.25, 0.3) is 32.0 Å². The lowest BCUT2D eigenvalue weighted by Crippen LogP contribution is -2.28. The Labute approximate surface area is 302 Å². The van der Waals surface area contributed by atoms with Crippen LogP contribution in [0.3, 0.4) is 0 Å². The maximum atomic E-state index is 13.5. The van der Waals surface area contributed by atoms with Crippen molar-refractivity contribution in [3.05, 3.63) is 52.6 Å². The Balaban J connectivity index is 1.29. The van der Waals surface area contributed by atoms with Crippen LogP contribution in [-0.4, -0.2) is 43.1 Å². The van der Waals surface area contributed by atoms with E-state index in [1.165, 1.54) is 25.6 Å². The number of ether oxygens (including phenoxy) is 4. The fourth-order valence-electron chi connectivity index (χ4n) is 7.73. The molecule has 0 radical (unpaired) electrons. The van der Waals surface area contributed by atoms with Crippen molar-refractivity contribution in [3.8, 4) is 10.8 Å². The van der Waals surface area contributed by atoms with Gasteiger partial charge in [0.1, 0.15) is 17.8 Å². The maximum absolute atomic E-state index is 13.5. The molecule has 0 amide bonds. The minimum atomic E-state index is -0.601. The molecule has 2 aromatic carbocycles. The normalized spacial score (nSPS) is 21.9. The van der Waals surface area contributed by atoms with E-state index in [0.717, 1.165) is 37.9 Å². The van der Waals surface area contributed by atoms with E-state index in [1.807, 2.05) is 45.0 Å². The molecule has 2 aliphatic rings. The van der Waals surface area contributed by atoms with Gasteiger partial charge in [0.05, 0.1) is 48.1 Å². The number of aryl methyl sites for hydroxylation is 2. The van der Waals surface area contributed by atoms with Gasteiger partial charge in [-0.3, -0.25) is 19.2 Å². The number of thiazole rings is 1. The molecule has 10 nitrogen and oxygen atoms in total. The number of hydrogen-bond acceptors (Lipinski definition) is 11. The first-order chi connectivity index (χ1) is 24.5. The number of carbonyl (C=O) groups excluding carboxylic acids is 4. The highest BCUT2D eigenvalue weighted by Gasteiger charge is 2.35. The number of rotatable bonds is 10. The smallest absolute Gasteiger partial charge is 0.309 e. The molecule has 2 fully saturated rings. The second-order valence-corrected chi connectivity index (χ2v) is 15.1. The summed E-state index contributed by atoms with van der Waals surface area (Å²) in [4.78, 5) is 56.0. The number of benzene rings is 2. The summed E-state index contributed by atoms with van der Waals surface area (Å²) in [6, 6.07) is 10.0. The van der Waals surface area contributed by atoms with Gasteiger partial charge in [-0.2, -0.15) is 0 Å². The number of esters is 4. The third kappa shape index (κ3) is 7.68. The first-order valence-electron chi connectivity index (χ1n) is 18.0. The Hall–Kier alpha value is -4.25. The lowest BCUT2D eigenvalue weighted by atomic mass is 9.82. The molecular weight excluding hydrogens is 671 g/mol. The van der Waals surface area contributed by atoms with Crippen LogP contribution >= 0.6 is 11.3 Å². The number of furan rings is 1. The Morgan fingerprint density at radius 2 is 1.31 bits per heavy atom. The Morgan fingerprint density at radius 1 is 0.784 bits per heavy atom. The molecule has 0 bridgehead atoms. The van der Waals surface area contributed by atoms with Gasteiger partial charge in [0.25, 0.3) is 0 Å². The fraction of sp³-hybridized carbons (Fsp3) is 0.525. The van der Waals surface area contributed by atoms with E-state index < -0.39 is 12.2 Å². The van der Waals surface area contributed by atoms with Gasteiger partial charge in [-0.25, -0.2) is 4.98 Å². The monoisotopic (exact) mass is 717 g/mol. The van der Waals surface area contributed by atoms with E-state index in [1.54, 1.807) is 0 Å². The summed E-state index contributed by atoms with van der Waals surface area (Å²) in [5.74, 6) is -1.30. The molecule has 4 aromatic rings. The molecule has 0 N–H and O–H groups in total. The van der Waals surface area contributed by atoms with Crippen molar-refractivity contribution in [1.29, 1.82) is 0 Å². The molecule has 11 heteroatoms. The molecule has 0 saturated heterocycles. The van der Waals surface area contributed by atoms with E-state index in [0.29, 0.717) is 74.1 Å². The molecule has 2 heterocycles. The van der Waals surface area contributed by atoms with Gasteiger partial charge >= 0.3 is 23.9 Å². The summed E-state index contributed by atoms with van der Waals surface area (Å²) in [6.45, 7) is 7.93. The summed E-state index contributed by atoms with van der Waals surface area (Å²) in [6.07, 6.45) is 4.09. The predicted octanol–water partition coefficient (Wildman–Crippen LogP) is 8.88. The van der Waals surface area contributed by atoms with Crippen LogP contribution < -0.4 is 0 Å². The van der Waals surface area contributed by atoms with Gasteiger partial charge in [0.15, 0.2) is 10.8 Å². The van der Waals surface area contributed by atoms with Gasteiger partial charge in [0.2, 0.25) is 0 Å². The molecule has 0 spiro atoms. The van der Waals surface area contributed by atoms with Crippen molar-refractivity contribution in [2.45, 2.75) is 97.7 Å². The van der Waals surface area contributed by atoms with Crippen LogP contribution in [0.1, 0.15) is 106 Å². The topological polar surface area (TPSA) is 131 Å². The fourth-order valence-corrected chi connectivity index (χ4v) is 8.84. The number of hydrogen-bond donors (Lipinski definition) is 0. The average molecular weight is 718 g/mol. The summed E-state index contributed by atoms with van der Waals surface area (Å²) >= 11 is 1.47. The van der Waals surface area contributed by atoms with E-state index in [2.05, 4.69) is 13.0 Å². The van der Waals surface area contributed by atoms with Crippen LogP contribution in [0.5, 0.6) is 0 Å². The zero-order valence-corrected chi connectivity index (χ0v) is 31.1. The van der Waals surface area contributed by atoms with Crippen LogP contribution in [0.15, 0.2) is 34.7 Å². The standard InChI is InChI=1S/C40H47NO9S/c1-7-31(50-40(45)27-14-10-25(11-15-27)38(43)47-6)29-17-16-28(23(4)48-39(44)26-12-8-24(9-13-26)37(42)46-5)34-35(29)51-36(41-34)33-20-30-22(3)18-21(2)19-32(30)49-33/h16-20,23-27,31H,7-15H2,1-6H3. The minimum absolute atomic E-state index is 0.180. The van der Waals surface area contributed by atoms with E-state index in [4.69, 9.17) is 28.3 Å². The molecule has 51 heavy (non-hydrogen) atoms. The molecule has 2 unspecified atom stereocenters. The molecule has 2 atom stereocenters. The van der Waals surface area contributed by atoms with E-state index in [-0.39, 0.29) is 47.5 Å². The Kier molecular flexibility index (Phi) is 11.1. The molecular formula is C40H47NO9S. The second kappa shape index (κ2) is 15.6. The van der Waals surface area contributed by atoms with Crippen LogP contribution in [0.4, 0.5) is 0 Å². The van der Waals surface area contributed by atoms with Gasteiger partial charge in [-0.15, -0.1) is 11.3 Å². The van der Waals surface area contributed by atoms with Crippen LogP contribution in [0.2, 0.25) is 0 Å². The molecule has 2 aromatic heterocycles. The lowest BCUT2D eigenvalue weighted by molar-refractivity contribution is -0.158. The number of carbonyl (C=O) groups is 4. The molecule has 2 aliphatic carbocycles. The zero-order valence-electron chi connectivity index (χ0n) is 30.2. The van der Waals surface area contributed by atoms with E-state index in [9.17, 15) is 19.2 Å². The number of fused-ring (bicyclic) bond motifs is 2. The van der Waals surface area contributed by atoms with Gasteiger partial charge in [0, 0.05) is 16.5 Å². The zero-order chi connectivity index (χ0) is 36.4. The van der Waals surface area contributed by atoms with E-state index >= 15 is 0 Å². The minimum Gasteiger partial charge on any atom is -0.469 e.